The zero-order chi connectivity index (χ0) is 27.5. The molecule has 2 N–H and O–H groups in total. The van der Waals surface area contributed by atoms with Crippen LogP contribution in [0.4, 0.5) is 0 Å². The molecule has 6 nitrogen and oxygen atoms in total. The molecule has 4 atom stereocenters. The lowest BCUT2D eigenvalue weighted by molar-refractivity contribution is -0.140. The number of aromatic hydroxyl groups is 1. The Hall–Kier alpha value is -3.16. The number of carbonyl (C=O) groups is 2. The van der Waals surface area contributed by atoms with Gasteiger partial charge in [0.2, 0.25) is 11.8 Å². The molecular weight excluding hydrogens is 489 g/mol. The predicted molar refractivity (Wildman–Crippen MR) is 153 cm³/mol. The van der Waals surface area contributed by atoms with Crippen LogP contribution in [0.5, 0.6) is 5.75 Å². The van der Waals surface area contributed by atoms with Gasteiger partial charge in [0, 0.05) is 6.54 Å². The fourth-order valence-electron chi connectivity index (χ4n) is 6.87. The van der Waals surface area contributed by atoms with Gasteiger partial charge in [-0.3, -0.25) is 14.5 Å². The molecule has 0 bridgehead atoms. The van der Waals surface area contributed by atoms with Crippen LogP contribution in [0.2, 0.25) is 6.32 Å². The number of carbonyl (C=O) groups excluding carboxylic acids is 2. The smallest absolute Gasteiger partial charge is 0.455 e. The van der Waals surface area contributed by atoms with E-state index in [-0.39, 0.29) is 35.5 Å². The number of amides is 2. The van der Waals surface area contributed by atoms with Crippen molar-refractivity contribution in [2.75, 3.05) is 6.54 Å². The molecule has 2 fully saturated rings. The van der Waals surface area contributed by atoms with Crippen molar-refractivity contribution in [1.29, 1.82) is 0 Å². The maximum atomic E-state index is 13.5. The number of phenols is 1. The van der Waals surface area contributed by atoms with Gasteiger partial charge in [0.1, 0.15) is 5.75 Å². The second kappa shape index (κ2) is 11.9. The van der Waals surface area contributed by atoms with Gasteiger partial charge in [-0.2, -0.15) is 0 Å². The van der Waals surface area contributed by atoms with E-state index in [0.29, 0.717) is 32.1 Å². The second-order valence-electron chi connectivity index (χ2n) is 11.1. The first kappa shape index (κ1) is 27.4. The summed E-state index contributed by atoms with van der Waals surface area (Å²) in [5.74, 6) is -0.804. The lowest BCUT2D eigenvalue weighted by atomic mass is 9.58. The van der Waals surface area contributed by atoms with E-state index in [2.05, 4.69) is 25.1 Å². The Morgan fingerprint density at radius 1 is 1.05 bits per heavy atom. The van der Waals surface area contributed by atoms with E-state index >= 15 is 0 Å². The van der Waals surface area contributed by atoms with Gasteiger partial charge in [-0.15, -0.1) is 0 Å². The highest BCUT2D eigenvalue weighted by Gasteiger charge is 2.56. The molecule has 2 saturated heterocycles. The number of hydrogen-bond donors (Lipinski definition) is 2. The molecule has 2 amide bonds. The summed E-state index contributed by atoms with van der Waals surface area (Å²) in [7, 11) is -0.969. The van der Waals surface area contributed by atoms with Crippen LogP contribution >= 0.6 is 0 Å². The summed E-state index contributed by atoms with van der Waals surface area (Å²) in [4.78, 5) is 28.2. The van der Waals surface area contributed by atoms with Crippen molar-refractivity contribution in [2.24, 2.45) is 17.8 Å². The Balaban J connectivity index is 1.47. The molecule has 7 heteroatoms. The molecule has 0 radical (unpaired) electrons. The summed E-state index contributed by atoms with van der Waals surface area (Å²) in [5, 5.41) is 20.8. The summed E-state index contributed by atoms with van der Waals surface area (Å²) >= 11 is 0. The number of rotatable bonds is 9. The van der Waals surface area contributed by atoms with E-state index in [1.54, 1.807) is 12.1 Å². The summed E-state index contributed by atoms with van der Waals surface area (Å²) in [6, 6.07) is 17.4. The van der Waals surface area contributed by atoms with Gasteiger partial charge >= 0.3 is 7.12 Å². The molecule has 0 saturated carbocycles. The highest BCUT2D eigenvalue weighted by molar-refractivity contribution is 6.43. The Bertz CT molecular complexity index is 1270. The lowest BCUT2D eigenvalue weighted by Crippen LogP contribution is -2.46. The topological polar surface area (TPSA) is 87.1 Å². The number of hydrogen-bond acceptors (Lipinski definition) is 5. The fraction of sp³-hybridized carbons (Fsp3) is 0.438. The summed E-state index contributed by atoms with van der Waals surface area (Å²) < 4.78 is 6.19. The van der Waals surface area contributed by atoms with Gasteiger partial charge in [-0.1, -0.05) is 74.4 Å². The van der Waals surface area contributed by atoms with Crippen LogP contribution in [-0.2, 0) is 14.2 Å². The third kappa shape index (κ3) is 5.61. The molecule has 2 aliphatic heterocycles. The second-order valence-corrected chi connectivity index (χ2v) is 11.1. The summed E-state index contributed by atoms with van der Waals surface area (Å²) in [6.45, 7) is 4.58. The number of likely N-dealkylation sites (tertiary alicyclic amines) is 1. The minimum absolute atomic E-state index is 0.0440. The molecule has 204 valence electrons. The molecule has 3 aliphatic rings. The maximum Gasteiger partial charge on any atom is 0.455 e. The number of benzene rings is 2. The summed E-state index contributed by atoms with van der Waals surface area (Å²) in [6.07, 6.45) is 6.62. The van der Waals surface area contributed by atoms with Crippen LogP contribution in [0, 0.1) is 17.8 Å². The predicted octanol–water partition coefficient (Wildman–Crippen LogP) is 5.72. The van der Waals surface area contributed by atoms with Gasteiger partial charge in [-0.05, 0) is 78.7 Å². The third-order valence-electron chi connectivity index (χ3n) is 8.43. The maximum absolute atomic E-state index is 13.5. The fourth-order valence-corrected chi connectivity index (χ4v) is 6.87. The van der Waals surface area contributed by atoms with Gasteiger partial charge < -0.3 is 14.8 Å². The molecule has 0 unspecified atom stereocenters. The van der Waals surface area contributed by atoms with E-state index in [1.165, 1.54) is 10.5 Å². The first-order valence-corrected chi connectivity index (χ1v) is 14.4. The summed E-state index contributed by atoms with van der Waals surface area (Å²) in [5.41, 5.74) is 5.49. The normalized spacial score (nSPS) is 25.3. The Morgan fingerprint density at radius 2 is 1.85 bits per heavy atom. The van der Waals surface area contributed by atoms with Gasteiger partial charge in [-0.25, -0.2) is 0 Å². The molecule has 0 spiro atoms. The van der Waals surface area contributed by atoms with Crippen molar-refractivity contribution in [3.63, 3.8) is 0 Å². The van der Waals surface area contributed by atoms with Gasteiger partial charge in [0.15, 0.2) is 0 Å². The molecule has 0 aromatic heterocycles. The molecule has 2 aromatic carbocycles. The average molecular weight is 527 g/mol. The first-order valence-electron chi connectivity index (χ1n) is 14.4. The molecular formula is C32H38BNO5. The SMILES string of the molecule is CCCC1=C2[C@@H](CC/C(=C/c3cccc(O)c3)c3ccccc3)OB(O)C[C@@H]2[C@@H]2C(=O)N(CCC)C(=O)[C@@H]2C1. The number of allylic oxidation sites excluding steroid dienone is 2. The van der Waals surface area contributed by atoms with Crippen LogP contribution in [0.3, 0.4) is 0 Å². The zero-order valence-corrected chi connectivity index (χ0v) is 22.9. The Morgan fingerprint density at radius 3 is 2.56 bits per heavy atom. The van der Waals surface area contributed by atoms with E-state index in [4.69, 9.17) is 4.65 Å². The van der Waals surface area contributed by atoms with Crippen molar-refractivity contribution in [3.05, 3.63) is 76.9 Å². The molecule has 39 heavy (non-hydrogen) atoms. The van der Waals surface area contributed by atoms with E-state index in [0.717, 1.165) is 41.5 Å². The van der Waals surface area contributed by atoms with Crippen LogP contribution in [0.25, 0.3) is 11.6 Å². The highest BCUT2D eigenvalue weighted by atomic mass is 16.5. The van der Waals surface area contributed by atoms with Crippen molar-refractivity contribution < 1.29 is 24.4 Å². The van der Waals surface area contributed by atoms with Crippen LogP contribution in [-0.4, -0.2) is 46.6 Å². The number of phenolic OH excluding ortho intramolecular Hbond substituents is 1. The van der Waals surface area contributed by atoms with Gasteiger partial charge in [0.05, 0.1) is 17.9 Å². The number of imide groups is 1. The van der Waals surface area contributed by atoms with Crippen LogP contribution < -0.4 is 0 Å². The standard InChI is InChI=1S/C32H38BNO5/c1-3-9-24-19-26-30(32(37)34(16-4-2)31(26)36)27-20-33(38)39-28(29(24)27)15-14-23(22-11-6-5-7-12-22)17-21-10-8-13-25(35)18-21/h5-8,10-13,17-18,26-28,30,35,38H,3-4,9,14-16,19-20H2,1-2H3/b23-17-/t26-,27+,28-,30-/m1/s1. The molecule has 5 rings (SSSR count). The number of fused-ring (bicyclic) bond motifs is 3. The van der Waals surface area contributed by atoms with Crippen molar-refractivity contribution in [2.45, 2.75) is 64.8 Å². The van der Waals surface area contributed by atoms with E-state index in [1.807, 2.05) is 37.3 Å². The highest BCUT2D eigenvalue weighted by Crippen LogP contribution is 2.51. The van der Waals surface area contributed by atoms with Crippen LogP contribution in [0.15, 0.2) is 65.7 Å². The largest absolute Gasteiger partial charge is 0.508 e. The minimum Gasteiger partial charge on any atom is -0.508 e. The monoisotopic (exact) mass is 527 g/mol. The molecule has 2 aromatic rings. The lowest BCUT2D eigenvalue weighted by Gasteiger charge is -2.43. The first-order chi connectivity index (χ1) is 18.9. The van der Waals surface area contributed by atoms with E-state index in [9.17, 15) is 19.7 Å². The quantitative estimate of drug-likeness (QED) is 0.189. The van der Waals surface area contributed by atoms with Gasteiger partial charge in [0.25, 0.3) is 0 Å². The van der Waals surface area contributed by atoms with Crippen molar-refractivity contribution >= 4 is 30.6 Å². The van der Waals surface area contributed by atoms with E-state index < -0.39 is 13.0 Å². The molecule has 2 heterocycles. The number of nitrogens with zero attached hydrogens (tertiary/aromatic N) is 1. The Labute approximate surface area is 231 Å². The van der Waals surface area contributed by atoms with Crippen LogP contribution in [0.1, 0.15) is 63.5 Å². The zero-order valence-electron chi connectivity index (χ0n) is 22.9. The average Bonchev–Trinajstić information content (AvgIpc) is 3.16. The minimum atomic E-state index is -0.969. The Kier molecular flexibility index (Phi) is 8.38. The molecule has 1 aliphatic carbocycles. The third-order valence-corrected chi connectivity index (χ3v) is 8.43. The van der Waals surface area contributed by atoms with Crippen molar-refractivity contribution in [3.8, 4) is 5.75 Å². The van der Waals surface area contributed by atoms with Crippen molar-refractivity contribution in [1.82, 2.24) is 4.90 Å².